The third-order valence-electron chi connectivity index (χ3n) is 3.12. The first-order chi connectivity index (χ1) is 9.60. The average Bonchev–Trinajstić information content (AvgIpc) is 2.88. The molecule has 0 saturated heterocycles. The van der Waals surface area contributed by atoms with Gasteiger partial charge in [-0.3, -0.25) is 0 Å². The maximum absolute atomic E-state index is 13.5. The van der Waals surface area contributed by atoms with Crippen molar-refractivity contribution in [3.8, 4) is 11.4 Å². The van der Waals surface area contributed by atoms with Crippen molar-refractivity contribution in [2.75, 3.05) is 6.54 Å². The summed E-state index contributed by atoms with van der Waals surface area (Å²) in [6.45, 7) is 6.88. The Hall–Kier alpha value is -1.75. The molecule has 0 saturated carbocycles. The Kier molecular flexibility index (Phi) is 4.84. The first kappa shape index (κ1) is 14.7. The summed E-state index contributed by atoms with van der Waals surface area (Å²) in [5.74, 6) is 0.741. The van der Waals surface area contributed by atoms with E-state index in [0.29, 0.717) is 29.3 Å². The van der Waals surface area contributed by atoms with E-state index in [4.69, 9.17) is 4.52 Å². The van der Waals surface area contributed by atoms with Gasteiger partial charge in [0, 0.05) is 18.0 Å². The molecule has 0 bridgehead atoms. The zero-order valence-electron chi connectivity index (χ0n) is 12.1. The predicted molar refractivity (Wildman–Crippen MR) is 75.9 cm³/mol. The Morgan fingerprint density at radius 1 is 1.40 bits per heavy atom. The van der Waals surface area contributed by atoms with Crippen LogP contribution in [0.4, 0.5) is 4.39 Å². The van der Waals surface area contributed by atoms with Crippen LogP contribution in [0, 0.1) is 12.7 Å². The van der Waals surface area contributed by atoms with Crippen LogP contribution < -0.4 is 5.32 Å². The van der Waals surface area contributed by atoms with E-state index in [9.17, 15) is 4.39 Å². The lowest BCUT2D eigenvalue weighted by Gasteiger charge is -2.09. The fraction of sp³-hybridized carbons (Fsp3) is 0.467. The second kappa shape index (κ2) is 6.61. The summed E-state index contributed by atoms with van der Waals surface area (Å²) in [6, 6.07) is 5.22. The smallest absolute Gasteiger partial charge is 0.228 e. The molecule has 0 radical (unpaired) electrons. The number of aromatic nitrogens is 2. The zero-order valence-corrected chi connectivity index (χ0v) is 12.1. The number of benzene rings is 1. The Morgan fingerprint density at radius 3 is 2.90 bits per heavy atom. The van der Waals surface area contributed by atoms with Crippen LogP contribution in [0.3, 0.4) is 0 Å². The molecule has 5 heteroatoms. The zero-order chi connectivity index (χ0) is 14.5. The van der Waals surface area contributed by atoms with Crippen molar-refractivity contribution in [2.45, 2.75) is 39.7 Å². The lowest BCUT2D eigenvalue weighted by molar-refractivity contribution is 0.362. The van der Waals surface area contributed by atoms with Crippen LogP contribution in [-0.4, -0.2) is 22.7 Å². The Balaban J connectivity index is 2.06. The van der Waals surface area contributed by atoms with Gasteiger partial charge >= 0.3 is 0 Å². The standard InChI is InChI=1S/C15H20FN3O/c1-4-7-17-11(3)8-14-18-15(19-20-14)12-6-5-10(2)13(16)9-12/h5-6,9,11,17H,4,7-8H2,1-3H3. The summed E-state index contributed by atoms with van der Waals surface area (Å²) < 4.78 is 18.7. The molecular weight excluding hydrogens is 257 g/mol. The van der Waals surface area contributed by atoms with Gasteiger partial charge in [-0.1, -0.05) is 24.2 Å². The molecule has 1 aromatic heterocycles. The number of nitrogens with one attached hydrogen (secondary N) is 1. The fourth-order valence-electron chi connectivity index (χ4n) is 1.91. The molecular formula is C15H20FN3O. The van der Waals surface area contributed by atoms with E-state index in [1.807, 2.05) is 0 Å². The summed E-state index contributed by atoms with van der Waals surface area (Å²) in [6.07, 6.45) is 1.75. The number of nitrogens with zero attached hydrogens (tertiary/aromatic N) is 2. The van der Waals surface area contributed by atoms with Crippen molar-refractivity contribution in [3.05, 3.63) is 35.5 Å². The van der Waals surface area contributed by atoms with Crippen LogP contribution in [0.25, 0.3) is 11.4 Å². The fourth-order valence-corrected chi connectivity index (χ4v) is 1.91. The summed E-state index contributed by atoms with van der Waals surface area (Å²) in [5.41, 5.74) is 1.24. The van der Waals surface area contributed by atoms with Gasteiger partial charge in [-0.25, -0.2) is 4.39 Å². The van der Waals surface area contributed by atoms with Crippen LogP contribution in [0.1, 0.15) is 31.7 Å². The molecule has 1 N–H and O–H groups in total. The highest BCUT2D eigenvalue weighted by molar-refractivity contribution is 5.54. The molecule has 0 spiro atoms. The van der Waals surface area contributed by atoms with E-state index in [1.54, 1.807) is 19.1 Å². The van der Waals surface area contributed by atoms with Crippen LogP contribution in [0.5, 0.6) is 0 Å². The van der Waals surface area contributed by atoms with E-state index < -0.39 is 0 Å². The highest BCUT2D eigenvalue weighted by Gasteiger charge is 2.12. The first-order valence-corrected chi connectivity index (χ1v) is 6.92. The molecule has 1 heterocycles. The van der Waals surface area contributed by atoms with Crippen molar-refractivity contribution in [1.82, 2.24) is 15.5 Å². The molecule has 1 atom stereocenters. The lowest BCUT2D eigenvalue weighted by Crippen LogP contribution is -2.28. The van der Waals surface area contributed by atoms with Crippen molar-refractivity contribution in [2.24, 2.45) is 0 Å². The van der Waals surface area contributed by atoms with Gasteiger partial charge in [0.1, 0.15) is 5.82 Å². The number of rotatable bonds is 6. The molecule has 0 amide bonds. The monoisotopic (exact) mass is 277 g/mol. The van der Waals surface area contributed by atoms with E-state index in [2.05, 4.69) is 29.3 Å². The molecule has 1 aromatic carbocycles. The SMILES string of the molecule is CCCNC(C)Cc1nc(-c2ccc(C)c(F)c2)no1. The second-order valence-electron chi connectivity index (χ2n) is 5.03. The Bertz CT molecular complexity index is 568. The average molecular weight is 277 g/mol. The summed E-state index contributed by atoms with van der Waals surface area (Å²) in [4.78, 5) is 4.31. The molecule has 0 aliphatic heterocycles. The van der Waals surface area contributed by atoms with Gasteiger partial charge < -0.3 is 9.84 Å². The Morgan fingerprint density at radius 2 is 2.20 bits per heavy atom. The Labute approximate surface area is 118 Å². The second-order valence-corrected chi connectivity index (χ2v) is 5.03. The summed E-state index contributed by atoms with van der Waals surface area (Å²) in [5, 5.41) is 7.27. The van der Waals surface area contributed by atoms with Gasteiger partial charge in [0.2, 0.25) is 11.7 Å². The van der Waals surface area contributed by atoms with Crippen molar-refractivity contribution in [1.29, 1.82) is 0 Å². The first-order valence-electron chi connectivity index (χ1n) is 6.92. The summed E-state index contributed by atoms with van der Waals surface area (Å²) >= 11 is 0. The molecule has 20 heavy (non-hydrogen) atoms. The maximum atomic E-state index is 13.5. The van der Waals surface area contributed by atoms with Crippen LogP contribution in [0.2, 0.25) is 0 Å². The predicted octanol–water partition coefficient (Wildman–Crippen LogP) is 3.11. The van der Waals surface area contributed by atoms with E-state index in [0.717, 1.165) is 13.0 Å². The lowest BCUT2D eigenvalue weighted by atomic mass is 10.1. The van der Waals surface area contributed by atoms with Gasteiger partial charge in [0.15, 0.2) is 0 Å². The largest absolute Gasteiger partial charge is 0.339 e. The molecule has 0 aliphatic carbocycles. The highest BCUT2D eigenvalue weighted by atomic mass is 19.1. The van der Waals surface area contributed by atoms with E-state index >= 15 is 0 Å². The topological polar surface area (TPSA) is 51.0 Å². The van der Waals surface area contributed by atoms with Crippen LogP contribution >= 0.6 is 0 Å². The summed E-state index contributed by atoms with van der Waals surface area (Å²) in [7, 11) is 0. The van der Waals surface area contributed by atoms with Crippen molar-refractivity contribution >= 4 is 0 Å². The third-order valence-corrected chi connectivity index (χ3v) is 3.12. The number of hydrogen-bond acceptors (Lipinski definition) is 4. The molecule has 0 fully saturated rings. The molecule has 4 nitrogen and oxygen atoms in total. The molecule has 1 unspecified atom stereocenters. The van der Waals surface area contributed by atoms with Crippen molar-refractivity contribution in [3.63, 3.8) is 0 Å². The molecule has 2 aromatic rings. The third kappa shape index (κ3) is 3.63. The van der Waals surface area contributed by atoms with Gasteiger partial charge in [0.25, 0.3) is 0 Å². The maximum Gasteiger partial charge on any atom is 0.228 e. The highest BCUT2D eigenvalue weighted by Crippen LogP contribution is 2.19. The molecule has 2 rings (SSSR count). The normalized spacial score (nSPS) is 12.6. The van der Waals surface area contributed by atoms with Crippen LogP contribution in [-0.2, 0) is 6.42 Å². The minimum absolute atomic E-state index is 0.258. The number of aryl methyl sites for hydroxylation is 1. The number of halogens is 1. The van der Waals surface area contributed by atoms with Crippen LogP contribution in [0.15, 0.2) is 22.7 Å². The van der Waals surface area contributed by atoms with Crippen molar-refractivity contribution < 1.29 is 8.91 Å². The van der Waals surface area contributed by atoms with Gasteiger partial charge in [0.05, 0.1) is 0 Å². The molecule has 108 valence electrons. The quantitative estimate of drug-likeness (QED) is 0.881. The van der Waals surface area contributed by atoms with E-state index in [1.165, 1.54) is 6.07 Å². The van der Waals surface area contributed by atoms with Gasteiger partial charge in [-0.2, -0.15) is 4.98 Å². The minimum atomic E-state index is -0.258. The van der Waals surface area contributed by atoms with Gasteiger partial charge in [-0.05, 0) is 38.4 Å². The van der Waals surface area contributed by atoms with Gasteiger partial charge in [-0.15, -0.1) is 0 Å². The number of hydrogen-bond donors (Lipinski definition) is 1. The molecule has 0 aliphatic rings. The minimum Gasteiger partial charge on any atom is -0.339 e. The van der Waals surface area contributed by atoms with E-state index in [-0.39, 0.29) is 11.9 Å².